The Labute approximate surface area is 355 Å². The summed E-state index contributed by atoms with van der Waals surface area (Å²) in [4.78, 5) is 38.9. The SMILES string of the molecule is CCCCCCCCCCCCCCCCCC(=O)N[C@@H](CCC(=O)O)C(=O)OC(CCCCCCCC)(CCCCCCCC)CCCCCCCCCCC. The van der Waals surface area contributed by atoms with Gasteiger partial charge in [0.15, 0.2) is 0 Å². The number of unbranched alkanes of at least 4 members (excludes halogenated alkanes) is 32. The van der Waals surface area contributed by atoms with Gasteiger partial charge in [-0.25, -0.2) is 4.79 Å². The number of hydrogen-bond donors (Lipinski definition) is 2. The van der Waals surface area contributed by atoms with E-state index in [2.05, 4.69) is 33.0 Å². The molecular weight excluding hydrogens is 707 g/mol. The average molecular weight is 806 g/mol. The lowest BCUT2D eigenvalue weighted by Gasteiger charge is -2.36. The van der Waals surface area contributed by atoms with Gasteiger partial charge in [0.1, 0.15) is 11.6 Å². The third kappa shape index (κ3) is 37.2. The summed E-state index contributed by atoms with van der Waals surface area (Å²) in [7, 11) is 0. The van der Waals surface area contributed by atoms with Crippen molar-refractivity contribution in [1.82, 2.24) is 5.32 Å². The summed E-state index contributed by atoms with van der Waals surface area (Å²) in [5.74, 6) is -1.54. The number of rotatable bonds is 46. The molecule has 6 heteroatoms. The van der Waals surface area contributed by atoms with Crippen molar-refractivity contribution in [3.63, 3.8) is 0 Å². The number of ether oxygens (including phenoxy) is 1. The third-order valence-electron chi connectivity index (χ3n) is 12.3. The predicted molar refractivity (Wildman–Crippen MR) is 245 cm³/mol. The van der Waals surface area contributed by atoms with Gasteiger partial charge in [-0.3, -0.25) is 9.59 Å². The highest BCUT2D eigenvalue weighted by atomic mass is 16.6. The summed E-state index contributed by atoms with van der Waals surface area (Å²) in [5.41, 5.74) is -0.547. The zero-order valence-electron chi connectivity index (χ0n) is 38.9. The number of esters is 1. The molecule has 0 aromatic rings. The molecule has 2 N–H and O–H groups in total. The summed E-state index contributed by atoms with van der Waals surface area (Å²) in [6, 6.07) is -0.915. The first kappa shape index (κ1) is 55.4. The lowest BCUT2D eigenvalue weighted by atomic mass is 9.84. The number of carboxylic acids is 1. The van der Waals surface area contributed by atoms with Gasteiger partial charge in [-0.15, -0.1) is 0 Å². The molecule has 0 bridgehead atoms. The maximum absolute atomic E-state index is 14.1. The molecular formula is C51H99NO5. The van der Waals surface area contributed by atoms with Crippen LogP contribution in [0.15, 0.2) is 0 Å². The highest BCUT2D eigenvalue weighted by molar-refractivity contribution is 5.85. The van der Waals surface area contributed by atoms with E-state index in [1.54, 1.807) is 0 Å². The Hall–Kier alpha value is -1.59. The predicted octanol–water partition coefficient (Wildman–Crippen LogP) is 16.3. The highest BCUT2D eigenvalue weighted by Gasteiger charge is 2.36. The highest BCUT2D eigenvalue weighted by Crippen LogP contribution is 2.34. The number of hydrogen-bond acceptors (Lipinski definition) is 4. The molecule has 0 heterocycles. The van der Waals surface area contributed by atoms with Crippen LogP contribution in [0.25, 0.3) is 0 Å². The Balaban J connectivity index is 5.27. The standard InChI is InChI=1S/C51H99NO5/c1-5-9-13-17-21-23-24-25-26-27-28-29-31-33-37-41-48(53)52-47(42-43-49(54)55)50(56)57-51(44-38-34-19-15-11-7-3,45-39-35-20-16-12-8-4)46-40-36-32-30-22-18-14-10-6-2/h47H,5-46H2,1-4H3,(H,52,53)(H,54,55)/t47-/m0/s1. The van der Waals surface area contributed by atoms with Gasteiger partial charge < -0.3 is 15.2 Å². The van der Waals surface area contributed by atoms with E-state index in [-0.39, 0.29) is 18.7 Å². The Morgan fingerprint density at radius 1 is 0.421 bits per heavy atom. The summed E-state index contributed by atoms with van der Waals surface area (Å²) in [6.45, 7) is 9.03. The van der Waals surface area contributed by atoms with Crippen molar-refractivity contribution in [2.45, 2.75) is 309 Å². The molecule has 338 valence electrons. The smallest absolute Gasteiger partial charge is 0.329 e. The zero-order chi connectivity index (χ0) is 41.9. The van der Waals surface area contributed by atoms with Crippen LogP contribution in [-0.4, -0.2) is 34.6 Å². The summed E-state index contributed by atoms with van der Waals surface area (Å²) in [6.07, 6.45) is 47.5. The third-order valence-corrected chi connectivity index (χ3v) is 12.3. The quantitative estimate of drug-likeness (QED) is 0.0472. The van der Waals surface area contributed by atoms with Gasteiger partial charge in [0.05, 0.1) is 0 Å². The lowest BCUT2D eigenvalue weighted by Crippen LogP contribution is -2.46. The summed E-state index contributed by atoms with van der Waals surface area (Å²) >= 11 is 0. The van der Waals surface area contributed by atoms with E-state index in [0.717, 1.165) is 77.0 Å². The first-order valence-electron chi connectivity index (χ1n) is 25.6. The molecule has 57 heavy (non-hydrogen) atoms. The van der Waals surface area contributed by atoms with Crippen molar-refractivity contribution < 1.29 is 24.2 Å². The molecule has 6 nitrogen and oxygen atoms in total. The Morgan fingerprint density at radius 2 is 0.702 bits per heavy atom. The van der Waals surface area contributed by atoms with E-state index in [0.29, 0.717) is 6.42 Å². The summed E-state index contributed by atoms with van der Waals surface area (Å²) in [5, 5.41) is 12.5. The maximum Gasteiger partial charge on any atom is 0.329 e. The van der Waals surface area contributed by atoms with Gasteiger partial charge in [0.25, 0.3) is 0 Å². The number of nitrogens with one attached hydrogen (secondary N) is 1. The maximum atomic E-state index is 14.1. The molecule has 0 aliphatic carbocycles. The minimum atomic E-state index is -0.954. The van der Waals surface area contributed by atoms with Gasteiger partial charge >= 0.3 is 11.9 Å². The van der Waals surface area contributed by atoms with Crippen LogP contribution in [0.5, 0.6) is 0 Å². The molecule has 0 aliphatic rings. The topological polar surface area (TPSA) is 92.7 Å². The molecule has 0 aliphatic heterocycles. The monoisotopic (exact) mass is 806 g/mol. The molecule has 0 rings (SSSR count). The number of aliphatic carboxylic acids is 1. The zero-order valence-corrected chi connectivity index (χ0v) is 38.9. The first-order valence-corrected chi connectivity index (χ1v) is 25.6. The van der Waals surface area contributed by atoms with Crippen LogP contribution in [0.4, 0.5) is 0 Å². The molecule has 1 atom stereocenters. The largest absolute Gasteiger partial charge is 0.481 e. The normalized spacial score (nSPS) is 12.2. The van der Waals surface area contributed by atoms with Gasteiger partial charge in [-0.05, 0) is 51.4 Å². The van der Waals surface area contributed by atoms with Crippen LogP contribution in [0.3, 0.4) is 0 Å². The van der Waals surface area contributed by atoms with Crippen molar-refractivity contribution in [2.75, 3.05) is 0 Å². The second kappa shape index (κ2) is 42.5. The molecule has 0 spiro atoms. The van der Waals surface area contributed by atoms with Crippen molar-refractivity contribution >= 4 is 17.8 Å². The van der Waals surface area contributed by atoms with Gasteiger partial charge in [0, 0.05) is 12.8 Å². The van der Waals surface area contributed by atoms with Crippen molar-refractivity contribution in [2.24, 2.45) is 0 Å². The second-order valence-corrected chi connectivity index (χ2v) is 18.0. The van der Waals surface area contributed by atoms with Crippen LogP contribution in [0.2, 0.25) is 0 Å². The number of carbonyl (C=O) groups excluding carboxylic acids is 2. The molecule has 0 aromatic carbocycles. The molecule has 0 fully saturated rings. The fourth-order valence-electron chi connectivity index (χ4n) is 8.47. The van der Waals surface area contributed by atoms with Crippen molar-refractivity contribution in [3.05, 3.63) is 0 Å². The molecule has 0 saturated heterocycles. The Kier molecular flexibility index (Phi) is 41.3. The minimum Gasteiger partial charge on any atom is -0.481 e. The van der Waals surface area contributed by atoms with Gasteiger partial charge in [0.2, 0.25) is 5.91 Å². The van der Waals surface area contributed by atoms with Crippen LogP contribution >= 0.6 is 0 Å². The Bertz CT molecular complexity index is 875. The fraction of sp³-hybridized carbons (Fsp3) is 0.941. The lowest BCUT2D eigenvalue weighted by molar-refractivity contribution is -0.167. The minimum absolute atomic E-state index is 0.0703. The van der Waals surface area contributed by atoms with E-state index in [4.69, 9.17) is 4.74 Å². The second-order valence-electron chi connectivity index (χ2n) is 18.0. The van der Waals surface area contributed by atoms with Crippen LogP contribution in [-0.2, 0) is 19.1 Å². The summed E-state index contributed by atoms with van der Waals surface area (Å²) < 4.78 is 6.65. The molecule has 0 unspecified atom stereocenters. The van der Waals surface area contributed by atoms with Gasteiger partial charge in [-0.1, -0.05) is 233 Å². The van der Waals surface area contributed by atoms with Gasteiger partial charge in [-0.2, -0.15) is 0 Å². The van der Waals surface area contributed by atoms with Crippen LogP contribution < -0.4 is 5.32 Å². The van der Waals surface area contributed by atoms with Crippen molar-refractivity contribution in [1.29, 1.82) is 0 Å². The molecule has 0 saturated carbocycles. The average Bonchev–Trinajstić information content (AvgIpc) is 3.19. The van der Waals surface area contributed by atoms with E-state index < -0.39 is 23.6 Å². The number of carboxylic acid groups (broad SMARTS) is 1. The number of carbonyl (C=O) groups is 3. The van der Waals surface area contributed by atoms with Crippen LogP contribution in [0, 0.1) is 0 Å². The van der Waals surface area contributed by atoms with Crippen LogP contribution in [0.1, 0.15) is 297 Å². The number of amides is 1. The Morgan fingerprint density at radius 3 is 1.00 bits per heavy atom. The molecule has 1 amide bonds. The van der Waals surface area contributed by atoms with E-state index in [9.17, 15) is 19.5 Å². The van der Waals surface area contributed by atoms with E-state index in [1.165, 1.54) is 173 Å². The fourth-order valence-corrected chi connectivity index (χ4v) is 8.47. The van der Waals surface area contributed by atoms with E-state index in [1.807, 2.05) is 0 Å². The molecule has 0 radical (unpaired) electrons. The molecule has 0 aromatic heterocycles. The first-order chi connectivity index (χ1) is 27.8. The van der Waals surface area contributed by atoms with E-state index >= 15 is 0 Å². The van der Waals surface area contributed by atoms with Crippen molar-refractivity contribution in [3.8, 4) is 0 Å².